The lowest BCUT2D eigenvalue weighted by Gasteiger charge is -2.39. The fourth-order valence-corrected chi connectivity index (χ4v) is 3.01. The van der Waals surface area contributed by atoms with E-state index < -0.39 is 15.6 Å². The SMILES string of the molecule is NCCN(c1ccc(S(=O)(=O)C(F)F)cc1)C1CCC1. The molecule has 0 amide bonds. The van der Waals surface area contributed by atoms with E-state index in [4.69, 9.17) is 5.73 Å². The fraction of sp³-hybridized carbons (Fsp3) is 0.538. The van der Waals surface area contributed by atoms with Crippen molar-refractivity contribution in [3.8, 4) is 0 Å². The minimum atomic E-state index is -4.52. The van der Waals surface area contributed by atoms with Crippen LogP contribution >= 0.6 is 0 Å². The number of alkyl halides is 2. The molecule has 2 N–H and O–H groups in total. The van der Waals surface area contributed by atoms with Crippen molar-refractivity contribution < 1.29 is 17.2 Å². The molecule has 1 aromatic carbocycles. The Labute approximate surface area is 117 Å². The number of rotatable bonds is 6. The Morgan fingerprint density at radius 1 is 1.25 bits per heavy atom. The van der Waals surface area contributed by atoms with Crippen LogP contribution in [-0.4, -0.2) is 33.3 Å². The van der Waals surface area contributed by atoms with E-state index in [2.05, 4.69) is 4.90 Å². The molecule has 0 atom stereocenters. The standard InChI is InChI=1S/C13H18F2N2O2S/c14-13(15)20(18,19)12-6-4-11(5-7-12)17(9-8-16)10-2-1-3-10/h4-7,10,13H,1-3,8-9,16H2. The number of sulfone groups is 1. The van der Waals surface area contributed by atoms with Crippen molar-refractivity contribution in [1.29, 1.82) is 0 Å². The molecule has 0 aliphatic heterocycles. The van der Waals surface area contributed by atoms with E-state index in [1.54, 1.807) is 12.1 Å². The van der Waals surface area contributed by atoms with Gasteiger partial charge >= 0.3 is 5.76 Å². The van der Waals surface area contributed by atoms with E-state index in [1.165, 1.54) is 18.6 Å². The Bertz CT molecular complexity index is 542. The molecule has 0 unspecified atom stereocenters. The van der Waals surface area contributed by atoms with Gasteiger partial charge in [-0.3, -0.25) is 0 Å². The third kappa shape index (κ3) is 2.93. The second-order valence-corrected chi connectivity index (χ2v) is 6.78. The van der Waals surface area contributed by atoms with Gasteiger partial charge in [0.05, 0.1) is 4.90 Å². The average Bonchev–Trinajstić information content (AvgIpc) is 2.36. The van der Waals surface area contributed by atoms with Crippen molar-refractivity contribution in [2.75, 3.05) is 18.0 Å². The largest absolute Gasteiger partial charge is 0.367 e. The molecule has 112 valence electrons. The third-order valence-electron chi connectivity index (χ3n) is 3.62. The highest BCUT2D eigenvalue weighted by Crippen LogP contribution is 2.30. The highest BCUT2D eigenvalue weighted by atomic mass is 32.2. The molecular weight excluding hydrogens is 286 g/mol. The van der Waals surface area contributed by atoms with Gasteiger partial charge in [-0.2, -0.15) is 8.78 Å². The number of benzene rings is 1. The predicted molar refractivity (Wildman–Crippen MR) is 73.7 cm³/mol. The average molecular weight is 304 g/mol. The van der Waals surface area contributed by atoms with E-state index in [0.29, 0.717) is 19.1 Å². The van der Waals surface area contributed by atoms with Crippen LogP contribution in [0.1, 0.15) is 19.3 Å². The summed E-state index contributed by atoms with van der Waals surface area (Å²) in [5, 5.41) is 0. The Morgan fingerprint density at radius 3 is 2.25 bits per heavy atom. The van der Waals surface area contributed by atoms with Crippen molar-refractivity contribution >= 4 is 15.5 Å². The second-order valence-electron chi connectivity index (χ2n) is 4.87. The normalized spacial score (nSPS) is 16.2. The Balaban J connectivity index is 2.22. The van der Waals surface area contributed by atoms with Gasteiger partial charge < -0.3 is 10.6 Å². The summed E-state index contributed by atoms with van der Waals surface area (Å²) in [6.07, 6.45) is 3.33. The first-order valence-electron chi connectivity index (χ1n) is 6.55. The highest BCUT2D eigenvalue weighted by molar-refractivity contribution is 7.91. The van der Waals surface area contributed by atoms with E-state index in [-0.39, 0.29) is 4.90 Å². The van der Waals surface area contributed by atoms with Gasteiger partial charge in [-0.05, 0) is 43.5 Å². The van der Waals surface area contributed by atoms with Gasteiger partial charge in [-0.15, -0.1) is 0 Å². The minimum absolute atomic E-state index is 0.349. The topological polar surface area (TPSA) is 63.4 Å². The Morgan fingerprint density at radius 2 is 1.85 bits per heavy atom. The van der Waals surface area contributed by atoms with Crippen molar-refractivity contribution in [2.45, 2.75) is 36.0 Å². The number of halogens is 2. The van der Waals surface area contributed by atoms with E-state index >= 15 is 0 Å². The van der Waals surface area contributed by atoms with Crippen LogP contribution in [0, 0.1) is 0 Å². The zero-order chi connectivity index (χ0) is 14.8. The lowest BCUT2D eigenvalue weighted by molar-refractivity contribution is 0.234. The maximum atomic E-state index is 12.5. The van der Waals surface area contributed by atoms with E-state index in [9.17, 15) is 17.2 Å². The van der Waals surface area contributed by atoms with Crippen LogP contribution in [0.2, 0.25) is 0 Å². The maximum absolute atomic E-state index is 12.5. The minimum Gasteiger partial charge on any atom is -0.367 e. The van der Waals surface area contributed by atoms with Crippen LogP contribution in [-0.2, 0) is 9.84 Å². The van der Waals surface area contributed by atoms with Gasteiger partial charge in [0.15, 0.2) is 0 Å². The number of nitrogens with two attached hydrogens (primary N) is 1. The summed E-state index contributed by atoms with van der Waals surface area (Å²) in [6, 6.07) is 6.03. The lowest BCUT2D eigenvalue weighted by Crippen LogP contribution is -2.43. The lowest BCUT2D eigenvalue weighted by atomic mass is 9.91. The molecule has 1 saturated carbocycles. The van der Waals surface area contributed by atoms with Gasteiger partial charge in [0.1, 0.15) is 0 Å². The molecule has 1 fully saturated rings. The zero-order valence-electron chi connectivity index (χ0n) is 11.0. The summed E-state index contributed by atoms with van der Waals surface area (Å²) in [6.45, 7) is 1.17. The summed E-state index contributed by atoms with van der Waals surface area (Å²) < 4.78 is 47.6. The molecule has 20 heavy (non-hydrogen) atoms. The Kier molecular flexibility index (Phi) is 4.59. The van der Waals surface area contributed by atoms with Gasteiger partial charge in [0.2, 0.25) is 9.84 Å². The fourth-order valence-electron chi connectivity index (χ4n) is 2.29. The summed E-state index contributed by atoms with van der Waals surface area (Å²) in [5.74, 6) is -3.39. The molecule has 0 aromatic heterocycles. The first kappa shape index (κ1) is 15.2. The summed E-state index contributed by atoms with van der Waals surface area (Å²) >= 11 is 0. The molecule has 0 heterocycles. The van der Waals surface area contributed by atoms with Crippen molar-refractivity contribution in [2.24, 2.45) is 5.73 Å². The van der Waals surface area contributed by atoms with Crippen LogP contribution in [0.25, 0.3) is 0 Å². The first-order valence-corrected chi connectivity index (χ1v) is 8.10. The number of hydrogen-bond acceptors (Lipinski definition) is 4. The molecule has 0 bridgehead atoms. The van der Waals surface area contributed by atoms with Crippen molar-refractivity contribution in [1.82, 2.24) is 0 Å². The van der Waals surface area contributed by atoms with Crippen LogP contribution in [0.15, 0.2) is 29.2 Å². The molecule has 0 saturated heterocycles. The quantitative estimate of drug-likeness (QED) is 0.873. The zero-order valence-corrected chi connectivity index (χ0v) is 11.8. The molecule has 2 rings (SSSR count). The van der Waals surface area contributed by atoms with Crippen LogP contribution in [0.3, 0.4) is 0 Å². The van der Waals surface area contributed by atoms with Crippen LogP contribution < -0.4 is 10.6 Å². The maximum Gasteiger partial charge on any atom is 0.341 e. The Hall–Kier alpha value is -1.21. The molecule has 1 aliphatic rings. The third-order valence-corrected chi connectivity index (χ3v) is 5.02. The van der Waals surface area contributed by atoms with Crippen molar-refractivity contribution in [3.63, 3.8) is 0 Å². The summed E-state index contributed by atoms with van der Waals surface area (Å²) in [7, 11) is -4.52. The van der Waals surface area contributed by atoms with Gasteiger partial charge in [-0.1, -0.05) is 0 Å². The number of nitrogens with zero attached hydrogens (tertiary/aromatic N) is 1. The van der Waals surface area contributed by atoms with Crippen LogP contribution in [0.5, 0.6) is 0 Å². The number of hydrogen-bond donors (Lipinski definition) is 1. The second kappa shape index (κ2) is 6.05. The molecule has 7 heteroatoms. The molecule has 0 radical (unpaired) electrons. The molecule has 0 spiro atoms. The van der Waals surface area contributed by atoms with Gasteiger partial charge in [-0.25, -0.2) is 8.42 Å². The van der Waals surface area contributed by atoms with E-state index in [1.807, 2.05) is 0 Å². The van der Waals surface area contributed by atoms with E-state index in [0.717, 1.165) is 18.5 Å². The number of anilines is 1. The first-order chi connectivity index (χ1) is 9.46. The van der Waals surface area contributed by atoms with Crippen molar-refractivity contribution in [3.05, 3.63) is 24.3 Å². The molecular formula is C13H18F2N2O2S. The van der Waals surface area contributed by atoms with Gasteiger partial charge in [0.25, 0.3) is 0 Å². The molecule has 1 aliphatic carbocycles. The predicted octanol–water partition coefficient (Wildman–Crippen LogP) is 2.00. The molecule has 1 aromatic rings. The molecule has 4 nitrogen and oxygen atoms in total. The van der Waals surface area contributed by atoms with Gasteiger partial charge in [0, 0.05) is 24.8 Å². The van der Waals surface area contributed by atoms with Crippen LogP contribution in [0.4, 0.5) is 14.5 Å². The smallest absolute Gasteiger partial charge is 0.341 e. The summed E-state index contributed by atoms with van der Waals surface area (Å²) in [5.41, 5.74) is 6.41. The summed E-state index contributed by atoms with van der Waals surface area (Å²) in [4.78, 5) is 1.76. The monoisotopic (exact) mass is 304 g/mol. The highest BCUT2D eigenvalue weighted by Gasteiger charge is 2.28.